The number of thiazole rings is 1. The summed E-state index contributed by atoms with van der Waals surface area (Å²) in [6, 6.07) is 0.305. The Hall–Kier alpha value is -0.940. The Labute approximate surface area is 99.5 Å². The number of hydrogen-bond donors (Lipinski definition) is 2. The minimum absolute atomic E-state index is 0.135. The molecule has 2 heterocycles. The molecule has 0 aliphatic carbocycles. The summed E-state index contributed by atoms with van der Waals surface area (Å²) >= 11 is 1.63. The van der Waals surface area contributed by atoms with Crippen LogP contribution in [0, 0.1) is 5.92 Å². The highest BCUT2D eigenvalue weighted by Gasteiger charge is 2.28. The number of nitrogens with zero attached hydrogens (tertiary/aromatic N) is 1. The van der Waals surface area contributed by atoms with Crippen LogP contribution in [0.1, 0.15) is 18.4 Å². The Bertz CT molecular complexity index is 339. The SMILES string of the molecule is CC1NCCC1C(=O)NCCc1nccs1. The fraction of sp³-hybridized carbons (Fsp3) is 0.636. The molecule has 1 fully saturated rings. The monoisotopic (exact) mass is 239 g/mol. The Balaban J connectivity index is 1.71. The Morgan fingerprint density at radius 3 is 3.25 bits per heavy atom. The predicted molar refractivity (Wildman–Crippen MR) is 64.4 cm³/mol. The van der Waals surface area contributed by atoms with E-state index in [0.717, 1.165) is 24.4 Å². The average molecular weight is 239 g/mol. The number of carbonyl (C=O) groups excluding carboxylic acids is 1. The summed E-state index contributed by atoms with van der Waals surface area (Å²) in [5, 5.41) is 9.30. The van der Waals surface area contributed by atoms with Crippen LogP contribution in [0.25, 0.3) is 0 Å². The van der Waals surface area contributed by atoms with E-state index in [1.165, 1.54) is 0 Å². The van der Waals surface area contributed by atoms with Gasteiger partial charge in [0.15, 0.2) is 0 Å². The minimum atomic E-state index is 0.135. The van der Waals surface area contributed by atoms with Crippen molar-refractivity contribution in [2.75, 3.05) is 13.1 Å². The van der Waals surface area contributed by atoms with E-state index < -0.39 is 0 Å². The lowest BCUT2D eigenvalue weighted by molar-refractivity contribution is -0.125. The first kappa shape index (κ1) is 11.5. The van der Waals surface area contributed by atoms with Gasteiger partial charge in [0.25, 0.3) is 0 Å². The van der Waals surface area contributed by atoms with Gasteiger partial charge in [0.05, 0.1) is 10.9 Å². The van der Waals surface area contributed by atoms with Crippen molar-refractivity contribution in [3.63, 3.8) is 0 Å². The molecule has 0 radical (unpaired) electrons. The van der Waals surface area contributed by atoms with Gasteiger partial charge in [0.2, 0.25) is 5.91 Å². The molecule has 1 aliphatic rings. The lowest BCUT2D eigenvalue weighted by Crippen LogP contribution is -2.37. The van der Waals surface area contributed by atoms with Gasteiger partial charge in [0.1, 0.15) is 0 Å². The molecule has 4 nitrogen and oxygen atoms in total. The van der Waals surface area contributed by atoms with E-state index in [2.05, 4.69) is 22.5 Å². The van der Waals surface area contributed by atoms with Gasteiger partial charge in [0, 0.05) is 30.6 Å². The summed E-state index contributed by atoms with van der Waals surface area (Å²) in [7, 11) is 0. The zero-order chi connectivity index (χ0) is 11.4. The number of nitrogens with one attached hydrogen (secondary N) is 2. The average Bonchev–Trinajstić information content (AvgIpc) is 2.88. The normalized spacial score (nSPS) is 24.6. The van der Waals surface area contributed by atoms with Crippen LogP contribution in [0.15, 0.2) is 11.6 Å². The first-order valence-electron chi connectivity index (χ1n) is 5.67. The highest BCUT2D eigenvalue weighted by atomic mass is 32.1. The van der Waals surface area contributed by atoms with Crippen LogP contribution in [0.5, 0.6) is 0 Å². The molecule has 5 heteroatoms. The van der Waals surface area contributed by atoms with Crippen molar-refractivity contribution >= 4 is 17.2 Å². The van der Waals surface area contributed by atoms with Crippen LogP contribution in [-0.4, -0.2) is 30.0 Å². The van der Waals surface area contributed by atoms with E-state index in [1.54, 1.807) is 17.5 Å². The van der Waals surface area contributed by atoms with Crippen LogP contribution >= 0.6 is 11.3 Å². The van der Waals surface area contributed by atoms with Gasteiger partial charge in [-0.15, -0.1) is 11.3 Å². The summed E-state index contributed by atoms with van der Waals surface area (Å²) in [6.45, 7) is 3.71. The van der Waals surface area contributed by atoms with Crippen molar-refractivity contribution in [1.82, 2.24) is 15.6 Å². The van der Waals surface area contributed by atoms with E-state index in [9.17, 15) is 4.79 Å². The van der Waals surface area contributed by atoms with E-state index in [-0.39, 0.29) is 11.8 Å². The molecular formula is C11H17N3OS. The molecule has 0 bridgehead atoms. The second-order valence-electron chi connectivity index (χ2n) is 4.10. The summed E-state index contributed by atoms with van der Waals surface area (Å²) in [5.74, 6) is 0.311. The standard InChI is InChI=1S/C11H17N3OS/c1-8-9(2-4-12-8)11(15)14-5-3-10-13-6-7-16-10/h6-9,12H,2-5H2,1H3,(H,14,15). The van der Waals surface area contributed by atoms with Gasteiger partial charge in [-0.3, -0.25) is 4.79 Å². The van der Waals surface area contributed by atoms with E-state index >= 15 is 0 Å². The number of amides is 1. The van der Waals surface area contributed by atoms with Crippen molar-refractivity contribution in [1.29, 1.82) is 0 Å². The van der Waals surface area contributed by atoms with Crippen molar-refractivity contribution in [3.8, 4) is 0 Å². The molecule has 0 aromatic carbocycles. The molecule has 2 rings (SSSR count). The Morgan fingerprint density at radius 2 is 2.62 bits per heavy atom. The molecule has 1 saturated heterocycles. The first-order valence-corrected chi connectivity index (χ1v) is 6.55. The zero-order valence-corrected chi connectivity index (χ0v) is 10.2. The fourth-order valence-electron chi connectivity index (χ4n) is 2.02. The Kier molecular flexibility index (Phi) is 3.90. The summed E-state index contributed by atoms with van der Waals surface area (Å²) in [4.78, 5) is 16.0. The summed E-state index contributed by atoms with van der Waals surface area (Å²) < 4.78 is 0. The lowest BCUT2D eigenvalue weighted by Gasteiger charge is -2.14. The molecule has 1 aromatic rings. The molecule has 16 heavy (non-hydrogen) atoms. The van der Waals surface area contributed by atoms with E-state index in [4.69, 9.17) is 0 Å². The molecule has 1 amide bonds. The molecule has 2 N–H and O–H groups in total. The quantitative estimate of drug-likeness (QED) is 0.817. The Morgan fingerprint density at radius 1 is 1.75 bits per heavy atom. The molecule has 1 aromatic heterocycles. The van der Waals surface area contributed by atoms with Crippen molar-refractivity contribution < 1.29 is 4.79 Å². The van der Waals surface area contributed by atoms with Crippen LogP contribution in [0.4, 0.5) is 0 Å². The topological polar surface area (TPSA) is 54.0 Å². The maximum Gasteiger partial charge on any atom is 0.224 e. The zero-order valence-electron chi connectivity index (χ0n) is 9.40. The number of carbonyl (C=O) groups is 1. The molecular weight excluding hydrogens is 222 g/mol. The smallest absolute Gasteiger partial charge is 0.224 e. The van der Waals surface area contributed by atoms with Gasteiger partial charge in [-0.05, 0) is 19.9 Å². The largest absolute Gasteiger partial charge is 0.355 e. The van der Waals surface area contributed by atoms with Gasteiger partial charge in [-0.25, -0.2) is 4.98 Å². The third kappa shape index (κ3) is 2.80. The third-order valence-corrected chi connectivity index (χ3v) is 3.82. The second-order valence-corrected chi connectivity index (χ2v) is 5.08. The fourth-order valence-corrected chi connectivity index (χ4v) is 2.64. The first-order chi connectivity index (χ1) is 7.77. The van der Waals surface area contributed by atoms with Crippen LogP contribution in [0.2, 0.25) is 0 Å². The van der Waals surface area contributed by atoms with Crippen molar-refractivity contribution in [3.05, 3.63) is 16.6 Å². The predicted octanol–water partition coefficient (Wildman–Crippen LogP) is 0.800. The molecule has 2 unspecified atom stereocenters. The van der Waals surface area contributed by atoms with Crippen LogP contribution in [-0.2, 0) is 11.2 Å². The van der Waals surface area contributed by atoms with Gasteiger partial charge in [-0.1, -0.05) is 0 Å². The van der Waals surface area contributed by atoms with Gasteiger partial charge < -0.3 is 10.6 Å². The van der Waals surface area contributed by atoms with Crippen molar-refractivity contribution in [2.24, 2.45) is 5.92 Å². The maximum atomic E-state index is 11.8. The second kappa shape index (κ2) is 5.41. The number of aromatic nitrogens is 1. The molecule has 0 saturated carbocycles. The molecule has 1 aliphatic heterocycles. The maximum absolute atomic E-state index is 11.8. The molecule has 2 atom stereocenters. The summed E-state index contributed by atoms with van der Waals surface area (Å²) in [6.07, 6.45) is 3.58. The molecule has 88 valence electrons. The van der Waals surface area contributed by atoms with E-state index in [0.29, 0.717) is 12.6 Å². The highest BCUT2D eigenvalue weighted by molar-refractivity contribution is 7.09. The highest BCUT2D eigenvalue weighted by Crippen LogP contribution is 2.14. The van der Waals surface area contributed by atoms with Gasteiger partial charge >= 0.3 is 0 Å². The van der Waals surface area contributed by atoms with Crippen LogP contribution < -0.4 is 10.6 Å². The number of hydrogen-bond acceptors (Lipinski definition) is 4. The van der Waals surface area contributed by atoms with Gasteiger partial charge in [-0.2, -0.15) is 0 Å². The third-order valence-electron chi connectivity index (χ3n) is 2.98. The van der Waals surface area contributed by atoms with E-state index in [1.807, 2.05) is 5.38 Å². The van der Waals surface area contributed by atoms with Crippen LogP contribution in [0.3, 0.4) is 0 Å². The lowest BCUT2D eigenvalue weighted by atomic mass is 10.0. The molecule has 0 spiro atoms. The summed E-state index contributed by atoms with van der Waals surface area (Å²) in [5.41, 5.74) is 0. The van der Waals surface area contributed by atoms with Crippen molar-refractivity contribution in [2.45, 2.75) is 25.8 Å². The number of rotatable bonds is 4. The minimum Gasteiger partial charge on any atom is -0.355 e.